The number of nitrogens with one attached hydrogen (secondary N) is 2. The van der Waals surface area contributed by atoms with Gasteiger partial charge in [-0.3, -0.25) is 0 Å². The monoisotopic (exact) mass is 258 g/mol. The van der Waals surface area contributed by atoms with Crippen molar-refractivity contribution >= 4 is 0 Å². The Morgan fingerprint density at radius 1 is 1.28 bits per heavy atom. The maximum atomic E-state index is 10.5. The van der Waals surface area contributed by atoms with Crippen LogP contribution >= 0.6 is 0 Å². The third-order valence-electron chi connectivity index (χ3n) is 4.02. The second kappa shape index (κ2) is 6.85. The summed E-state index contributed by atoms with van der Waals surface area (Å²) in [6.45, 7) is 9.19. The van der Waals surface area contributed by atoms with E-state index in [2.05, 4.69) is 38.3 Å². The molecule has 4 N–H and O–H groups in total. The van der Waals surface area contributed by atoms with E-state index in [1.165, 1.54) is 0 Å². The van der Waals surface area contributed by atoms with Crippen molar-refractivity contribution in [3.05, 3.63) is 0 Å². The minimum atomic E-state index is -0.317. The largest absolute Gasteiger partial charge is 0.395 e. The molecule has 3 atom stereocenters. The summed E-state index contributed by atoms with van der Waals surface area (Å²) in [6, 6.07) is 0.593. The van der Waals surface area contributed by atoms with Gasteiger partial charge in [0.2, 0.25) is 0 Å². The summed E-state index contributed by atoms with van der Waals surface area (Å²) in [4.78, 5) is 0. The van der Waals surface area contributed by atoms with Gasteiger partial charge in [-0.05, 0) is 26.7 Å². The van der Waals surface area contributed by atoms with E-state index < -0.39 is 0 Å². The third kappa shape index (κ3) is 4.19. The van der Waals surface area contributed by atoms with Crippen LogP contribution in [0.15, 0.2) is 0 Å². The summed E-state index contributed by atoms with van der Waals surface area (Å²) in [5.41, 5.74) is -0.139. The number of aliphatic hydroxyl groups is 2. The van der Waals surface area contributed by atoms with Crippen molar-refractivity contribution in [3.8, 4) is 0 Å². The molecule has 1 saturated carbocycles. The minimum absolute atomic E-state index is 0.139. The lowest BCUT2D eigenvalue weighted by atomic mass is 9.72. The van der Waals surface area contributed by atoms with Crippen LogP contribution in [0, 0.1) is 5.92 Å². The Bertz CT molecular complexity index is 244. The molecule has 0 aromatic carbocycles. The molecule has 1 rings (SSSR count). The van der Waals surface area contributed by atoms with Gasteiger partial charge >= 0.3 is 0 Å². The lowest BCUT2D eigenvalue weighted by molar-refractivity contribution is -0.00541. The topological polar surface area (TPSA) is 64.5 Å². The number of hydrogen-bond donors (Lipinski definition) is 4. The summed E-state index contributed by atoms with van der Waals surface area (Å²) in [5, 5.41) is 26.3. The molecule has 1 aliphatic rings. The second-order valence-corrected chi connectivity index (χ2v) is 6.33. The fraction of sp³-hybridized carbons (Fsp3) is 1.00. The minimum Gasteiger partial charge on any atom is -0.395 e. The number of β-amino-alcohol motifs (C(OH)–C–C–N with tert-alkyl or cyclic N) is 1. The molecule has 0 spiro atoms. The Balaban J connectivity index is 2.64. The van der Waals surface area contributed by atoms with Crippen LogP contribution < -0.4 is 10.6 Å². The smallest absolute Gasteiger partial charge is 0.0738 e. The van der Waals surface area contributed by atoms with Crippen LogP contribution in [0.1, 0.15) is 47.0 Å². The van der Waals surface area contributed by atoms with E-state index >= 15 is 0 Å². The molecule has 0 amide bonds. The normalized spacial score (nSPS) is 29.8. The first-order chi connectivity index (χ1) is 8.38. The van der Waals surface area contributed by atoms with Crippen LogP contribution in [-0.4, -0.2) is 47.1 Å². The summed E-state index contributed by atoms with van der Waals surface area (Å²) >= 11 is 0. The molecular formula is C14H30N2O2. The van der Waals surface area contributed by atoms with Gasteiger partial charge in [-0.2, -0.15) is 0 Å². The quantitative estimate of drug-likeness (QED) is 0.571. The fourth-order valence-corrected chi connectivity index (χ4v) is 3.09. The van der Waals surface area contributed by atoms with E-state index in [9.17, 15) is 5.11 Å². The Kier molecular flexibility index (Phi) is 6.05. The zero-order valence-corrected chi connectivity index (χ0v) is 12.2. The van der Waals surface area contributed by atoms with Crippen molar-refractivity contribution < 1.29 is 10.2 Å². The number of aliphatic hydroxyl groups excluding tert-OH is 2. The molecule has 0 radical (unpaired) electrons. The molecule has 0 heterocycles. The Hall–Kier alpha value is -0.160. The van der Waals surface area contributed by atoms with Crippen molar-refractivity contribution in [2.45, 2.75) is 70.7 Å². The van der Waals surface area contributed by atoms with Crippen LogP contribution in [0.4, 0.5) is 0 Å². The van der Waals surface area contributed by atoms with Gasteiger partial charge in [0, 0.05) is 30.1 Å². The lowest BCUT2D eigenvalue weighted by Gasteiger charge is -2.45. The first kappa shape index (κ1) is 15.9. The Morgan fingerprint density at radius 3 is 2.50 bits per heavy atom. The highest BCUT2D eigenvalue weighted by Gasteiger charge is 2.40. The number of hydrogen-bond acceptors (Lipinski definition) is 4. The van der Waals surface area contributed by atoms with Crippen molar-refractivity contribution in [3.63, 3.8) is 0 Å². The molecular weight excluding hydrogens is 228 g/mol. The molecule has 0 aromatic heterocycles. The number of rotatable bonds is 6. The predicted molar refractivity (Wildman–Crippen MR) is 74.6 cm³/mol. The fourth-order valence-electron chi connectivity index (χ4n) is 3.09. The molecule has 1 aliphatic carbocycles. The van der Waals surface area contributed by atoms with E-state index in [4.69, 9.17) is 5.11 Å². The summed E-state index contributed by atoms with van der Waals surface area (Å²) in [6.07, 6.45) is 2.92. The van der Waals surface area contributed by atoms with Crippen molar-refractivity contribution in [2.75, 3.05) is 13.2 Å². The summed E-state index contributed by atoms with van der Waals surface area (Å²) in [5.74, 6) is 0.231. The first-order valence-electron chi connectivity index (χ1n) is 7.18. The molecule has 0 aromatic rings. The van der Waals surface area contributed by atoms with Crippen LogP contribution in [-0.2, 0) is 0 Å². The molecule has 3 unspecified atom stereocenters. The second-order valence-electron chi connectivity index (χ2n) is 6.33. The molecule has 4 nitrogen and oxygen atoms in total. The van der Waals surface area contributed by atoms with Crippen LogP contribution in [0.2, 0.25) is 0 Å². The zero-order chi connectivity index (χ0) is 13.8. The van der Waals surface area contributed by atoms with Gasteiger partial charge in [0.1, 0.15) is 0 Å². The molecule has 0 bridgehead atoms. The van der Waals surface area contributed by atoms with Gasteiger partial charge in [-0.15, -0.1) is 0 Å². The SMILES string of the molecule is CC(C)NC1CCCC(C(C)(C)NCCO)C1O. The van der Waals surface area contributed by atoms with E-state index in [0.717, 1.165) is 19.3 Å². The van der Waals surface area contributed by atoms with Gasteiger partial charge in [-0.25, -0.2) is 0 Å². The summed E-state index contributed by atoms with van der Waals surface area (Å²) < 4.78 is 0. The van der Waals surface area contributed by atoms with Crippen LogP contribution in [0.3, 0.4) is 0 Å². The van der Waals surface area contributed by atoms with Crippen LogP contribution in [0.5, 0.6) is 0 Å². The predicted octanol–water partition coefficient (Wildman–Crippen LogP) is 0.874. The first-order valence-corrected chi connectivity index (χ1v) is 7.18. The molecule has 1 fully saturated rings. The average Bonchev–Trinajstić information content (AvgIpc) is 2.28. The maximum absolute atomic E-state index is 10.5. The molecule has 0 aliphatic heterocycles. The van der Waals surface area contributed by atoms with Crippen molar-refractivity contribution in [1.82, 2.24) is 10.6 Å². The van der Waals surface area contributed by atoms with Crippen molar-refractivity contribution in [2.24, 2.45) is 5.92 Å². The lowest BCUT2D eigenvalue weighted by Crippen LogP contribution is -2.58. The Morgan fingerprint density at radius 2 is 1.94 bits per heavy atom. The van der Waals surface area contributed by atoms with Gasteiger partial charge in [-0.1, -0.05) is 20.3 Å². The highest BCUT2D eigenvalue weighted by atomic mass is 16.3. The van der Waals surface area contributed by atoms with E-state index in [1.807, 2.05) is 0 Å². The average molecular weight is 258 g/mol. The molecule has 0 saturated heterocycles. The van der Waals surface area contributed by atoms with E-state index in [-0.39, 0.29) is 30.2 Å². The third-order valence-corrected chi connectivity index (χ3v) is 4.02. The van der Waals surface area contributed by atoms with Crippen molar-refractivity contribution in [1.29, 1.82) is 0 Å². The summed E-state index contributed by atoms with van der Waals surface area (Å²) in [7, 11) is 0. The molecule has 4 heteroatoms. The van der Waals surface area contributed by atoms with Crippen LogP contribution in [0.25, 0.3) is 0 Å². The zero-order valence-electron chi connectivity index (χ0n) is 12.2. The highest BCUT2D eigenvalue weighted by Crippen LogP contribution is 2.33. The van der Waals surface area contributed by atoms with Gasteiger partial charge in [0.15, 0.2) is 0 Å². The van der Waals surface area contributed by atoms with E-state index in [1.54, 1.807) is 0 Å². The molecule has 108 valence electrons. The van der Waals surface area contributed by atoms with E-state index in [0.29, 0.717) is 12.6 Å². The Labute approximate surface area is 111 Å². The van der Waals surface area contributed by atoms with Gasteiger partial charge in [0.05, 0.1) is 12.7 Å². The highest BCUT2D eigenvalue weighted by molar-refractivity contribution is 4.97. The standard InChI is InChI=1S/C14H30N2O2/c1-10(2)16-12-7-5-6-11(13(12)18)14(3,4)15-8-9-17/h10-13,15-18H,5-9H2,1-4H3. The molecule has 18 heavy (non-hydrogen) atoms. The van der Waals surface area contributed by atoms with Gasteiger partial charge in [0.25, 0.3) is 0 Å². The van der Waals surface area contributed by atoms with Gasteiger partial charge < -0.3 is 20.8 Å². The maximum Gasteiger partial charge on any atom is 0.0738 e.